The number of benzene rings is 1. The van der Waals surface area contributed by atoms with E-state index in [-0.39, 0.29) is 17.7 Å². The Morgan fingerprint density at radius 3 is 2.88 bits per heavy atom. The van der Waals surface area contributed by atoms with Gasteiger partial charge < -0.3 is 10.4 Å². The number of rotatable bonds is 4. The van der Waals surface area contributed by atoms with Crippen LogP contribution in [-0.4, -0.2) is 29.1 Å². The molecule has 0 bridgehead atoms. The van der Waals surface area contributed by atoms with Crippen LogP contribution in [0.3, 0.4) is 0 Å². The van der Waals surface area contributed by atoms with Crippen molar-refractivity contribution in [2.75, 3.05) is 12.0 Å². The van der Waals surface area contributed by atoms with Crippen molar-refractivity contribution in [3.63, 3.8) is 0 Å². The topological polar surface area (TPSA) is 49.3 Å². The Bertz CT molecular complexity index is 379. The SMILES string of the molecule is CSCC(C)NC(=O)c1cccc(O)c1C. The maximum absolute atomic E-state index is 11.9. The van der Waals surface area contributed by atoms with E-state index >= 15 is 0 Å². The fraction of sp³-hybridized carbons (Fsp3) is 0.417. The molecule has 0 aromatic heterocycles. The number of aromatic hydroxyl groups is 1. The van der Waals surface area contributed by atoms with Crippen molar-refractivity contribution in [2.24, 2.45) is 0 Å². The first kappa shape index (κ1) is 12.9. The molecule has 88 valence electrons. The van der Waals surface area contributed by atoms with Crippen molar-refractivity contribution in [3.05, 3.63) is 29.3 Å². The molecule has 0 saturated carbocycles. The molecular formula is C12H17NO2S. The van der Waals surface area contributed by atoms with Crippen molar-refractivity contribution < 1.29 is 9.90 Å². The zero-order chi connectivity index (χ0) is 12.1. The highest BCUT2D eigenvalue weighted by Gasteiger charge is 2.13. The number of carbonyl (C=O) groups excluding carboxylic acids is 1. The Morgan fingerprint density at radius 2 is 2.25 bits per heavy atom. The van der Waals surface area contributed by atoms with Crippen LogP contribution in [0.5, 0.6) is 5.75 Å². The van der Waals surface area contributed by atoms with Crippen LogP contribution in [0, 0.1) is 6.92 Å². The minimum Gasteiger partial charge on any atom is -0.508 e. The van der Waals surface area contributed by atoms with E-state index in [1.54, 1.807) is 36.9 Å². The third-order valence-electron chi connectivity index (χ3n) is 2.34. The summed E-state index contributed by atoms with van der Waals surface area (Å²) in [5.74, 6) is 0.906. The quantitative estimate of drug-likeness (QED) is 0.846. The van der Waals surface area contributed by atoms with Gasteiger partial charge in [-0.15, -0.1) is 0 Å². The summed E-state index contributed by atoms with van der Waals surface area (Å²) in [6, 6.07) is 5.11. The van der Waals surface area contributed by atoms with Gasteiger partial charge in [0.1, 0.15) is 5.75 Å². The maximum Gasteiger partial charge on any atom is 0.251 e. The van der Waals surface area contributed by atoms with Crippen molar-refractivity contribution in [1.82, 2.24) is 5.32 Å². The number of phenolic OH excluding ortho intramolecular Hbond substituents is 1. The summed E-state index contributed by atoms with van der Waals surface area (Å²) in [4.78, 5) is 11.9. The zero-order valence-corrected chi connectivity index (χ0v) is 10.6. The van der Waals surface area contributed by atoms with Crippen LogP contribution >= 0.6 is 11.8 Å². The predicted octanol–water partition coefficient (Wildman–Crippen LogP) is 2.18. The lowest BCUT2D eigenvalue weighted by molar-refractivity contribution is 0.0942. The van der Waals surface area contributed by atoms with Crippen LogP contribution in [-0.2, 0) is 0 Å². The Balaban J connectivity index is 2.77. The molecule has 0 spiro atoms. The van der Waals surface area contributed by atoms with E-state index in [4.69, 9.17) is 0 Å². The van der Waals surface area contributed by atoms with Gasteiger partial charge in [0.25, 0.3) is 5.91 Å². The summed E-state index contributed by atoms with van der Waals surface area (Å²) >= 11 is 1.69. The Labute approximate surface area is 100 Å². The first-order valence-electron chi connectivity index (χ1n) is 5.14. The van der Waals surface area contributed by atoms with E-state index in [1.807, 2.05) is 13.2 Å². The van der Waals surface area contributed by atoms with Crippen LogP contribution in [0.25, 0.3) is 0 Å². The molecule has 1 rings (SSSR count). The number of phenols is 1. The molecule has 0 fully saturated rings. The smallest absolute Gasteiger partial charge is 0.251 e. The molecule has 3 nitrogen and oxygen atoms in total. The Hall–Kier alpha value is -1.16. The Kier molecular flexibility index (Phi) is 4.68. The number of hydrogen-bond acceptors (Lipinski definition) is 3. The third-order valence-corrected chi connectivity index (χ3v) is 3.18. The average Bonchev–Trinajstić information content (AvgIpc) is 2.22. The lowest BCUT2D eigenvalue weighted by Gasteiger charge is -2.14. The maximum atomic E-state index is 11.9. The number of thioether (sulfide) groups is 1. The molecule has 2 N–H and O–H groups in total. The molecule has 16 heavy (non-hydrogen) atoms. The van der Waals surface area contributed by atoms with Crippen LogP contribution in [0.1, 0.15) is 22.8 Å². The first-order chi connectivity index (χ1) is 7.56. The molecule has 0 aliphatic rings. The van der Waals surface area contributed by atoms with E-state index in [0.717, 1.165) is 5.75 Å². The minimum atomic E-state index is -0.130. The lowest BCUT2D eigenvalue weighted by Crippen LogP contribution is -2.34. The van der Waals surface area contributed by atoms with E-state index in [2.05, 4.69) is 5.32 Å². The monoisotopic (exact) mass is 239 g/mol. The highest BCUT2D eigenvalue weighted by Crippen LogP contribution is 2.19. The van der Waals surface area contributed by atoms with Gasteiger partial charge in [0.2, 0.25) is 0 Å². The molecule has 0 radical (unpaired) electrons. The number of amides is 1. The van der Waals surface area contributed by atoms with Gasteiger partial charge in [-0.3, -0.25) is 4.79 Å². The molecule has 1 atom stereocenters. The van der Waals surface area contributed by atoms with Crippen molar-refractivity contribution in [3.8, 4) is 5.75 Å². The summed E-state index contributed by atoms with van der Waals surface area (Å²) in [5.41, 5.74) is 1.16. The van der Waals surface area contributed by atoms with Crippen LogP contribution < -0.4 is 5.32 Å². The van der Waals surface area contributed by atoms with E-state index < -0.39 is 0 Å². The minimum absolute atomic E-state index is 0.129. The highest BCUT2D eigenvalue weighted by molar-refractivity contribution is 7.98. The number of hydrogen-bond donors (Lipinski definition) is 2. The second-order valence-corrected chi connectivity index (χ2v) is 4.69. The molecule has 1 unspecified atom stereocenters. The summed E-state index contributed by atoms with van der Waals surface area (Å²) in [7, 11) is 0. The van der Waals surface area contributed by atoms with Gasteiger partial charge in [-0.1, -0.05) is 6.07 Å². The predicted molar refractivity (Wildman–Crippen MR) is 68.2 cm³/mol. The second kappa shape index (κ2) is 5.80. The van der Waals surface area contributed by atoms with Gasteiger partial charge in [-0.25, -0.2) is 0 Å². The molecular weight excluding hydrogens is 222 g/mol. The van der Waals surface area contributed by atoms with Crippen molar-refractivity contribution in [2.45, 2.75) is 19.9 Å². The molecule has 1 aromatic carbocycles. The van der Waals surface area contributed by atoms with Crippen molar-refractivity contribution in [1.29, 1.82) is 0 Å². The zero-order valence-electron chi connectivity index (χ0n) is 9.78. The standard InChI is InChI=1S/C12H17NO2S/c1-8(7-16-3)13-12(15)10-5-4-6-11(14)9(10)2/h4-6,8,14H,7H2,1-3H3,(H,13,15). The summed E-state index contributed by atoms with van der Waals surface area (Å²) in [5, 5.41) is 12.4. The number of carbonyl (C=O) groups is 1. The molecule has 1 aromatic rings. The Morgan fingerprint density at radius 1 is 1.56 bits per heavy atom. The van der Waals surface area contributed by atoms with E-state index in [1.165, 1.54) is 0 Å². The van der Waals surface area contributed by atoms with Crippen LogP contribution in [0.15, 0.2) is 18.2 Å². The van der Waals surface area contributed by atoms with E-state index in [0.29, 0.717) is 11.1 Å². The second-order valence-electron chi connectivity index (χ2n) is 3.78. The molecule has 0 heterocycles. The lowest BCUT2D eigenvalue weighted by atomic mass is 10.1. The fourth-order valence-corrected chi connectivity index (χ4v) is 2.05. The van der Waals surface area contributed by atoms with Gasteiger partial charge in [-0.2, -0.15) is 11.8 Å². The van der Waals surface area contributed by atoms with Crippen LogP contribution in [0.2, 0.25) is 0 Å². The normalized spacial score (nSPS) is 12.2. The van der Waals surface area contributed by atoms with Gasteiger partial charge in [0.05, 0.1) is 0 Å². The van der Waals surface area contributed by atoms with Crippen molar-refractivity contribution >= 4 is 17.7 Å². The highest BCUT2D eigenvalue weighted by atomic mass is 32.2. The molecule has 4 heteroatoms. The van der Waals surface area contributed by atoms with Gasteiger partial charge in [0.15, 0.2) is 0 Å². The van der Waals surface area contributed by atoms with Gasteiger partial charge in [0, 0.05) is 22.9 Å². The third kappa shape index (κ3) is 3.17. The van der Waals surface area contributed by atoms with Gasteiger partial charge in [-0.05, 0) is 32.2 Å². The summed E-state index contributed by atoms with van der Waals surface area (Å²) in [6.07, 6.45) is 2.00. The first-order valence-corrected chi connectivity index (χ1v) is 6.54. The van der Waals surface area contributed by atoms with Crippen LogP contribution in [0.4, 0.5) is 0 Å². The van der Waals surface area contributed by atoms with Gasteiger partial charge >= 0.3 is 0 Å². The van der Waals surface area contributed by atoms with E-state index in [9.17, 15) is 9.90 Å². The summed E-state index contributed by atoms with van der Waals surface area (Å²) < 4.78 is 0. The molecule has 1 amide bonds. The fourth-order valence-electron chi connectivity index (χ4n) is 1.46. The molecule has 0 saturated heterocycles. The molecule has 0 aliphatic carbocycles. The summed E-state index contributed by atoms with van der Waals surface area (Å²) in [6.45, 7) is 3.70. The molecule has 0 aliphatic heterocycles. The largest absolute Gasteiger partial charge is 0.508 e. The number of nitrogens with one attached hydrogen (secondary N) is 1. The average molecular weight is 239 g/mol.